The third-order valence-corrected chi connectivity index (χ3v) is 4.57. The van der Waals surface area contributed by atoms with Gasteiger partial charge in [0.2, 0.25) is 0 Å². The quantitative estimate of drug-likeness (QED) is 0.589. The van der Waals surface area contributed by atoms with Crippen molar-refractivity contribution in [2.45, 2.75) is 26.2 Å². The highest BCUT2D eigenvalue weighted by Crippen LogP contribution is 2.24. The first-order chi connectivity index (χ1) is 13.8. The number of para-hydroxylation sites is 1. The molecule has 1 amide bonds. The molecule has 0 aliphatic rings. The molecule has 0 bridgehead atoms. The summed E-state index contributed by atoms with van der Waals surface area (Å²) in [5.41, 5.74) is 2.75. The van der Waals surface area contributed by atoms with Crippen molar-refractivity contribution in [2.24, 2.45) is 0 Å². The van der Waals surface area contributed by atoms with E-state index in [4.69, 9.17) is 4.74 Å². The van der Waals surface area contributed by atoms with Gasteiger partial charge in [0.1, 0.15) is 5.75 Å². The Balaban J connectivity index is 1.65. The first-order valence-electron chi connectivity index (χ1n) is 9.56. The topological polar surface area (TPSA) is 55.4 Å². The lowest BCUT2D eigenvalue weighted by atomic mass is 9.87. The standard InChI is InChI=1S/C25H25NO3/c1-25(2,3)19-13-15-20(16-14-19)29-17-23(27)26-22-12-8-7-11-21(22)24(28)18-9-5-4-6-10-18/h4-16H,17H2,1-3H3,(H,26,27). The predicted octanol–water partition coefficient (Wildman–Crippen LogP) is 5.23. The molecule has 1 N–H and O–H groups in total. The van der Waals surface area contributed by atoms with Crippen molar-refractivity contribution in [3.63, 3.8) is 0 Å². The molecule has 0 spiro atoms. The minimum Gasteiger partial charge on any atom is -0.484 e. The molecule has 3 aromatic rings. The van der Waals surface area contributed by atoms with Gasteiger partial charge >= 0.3 is 0 Å². The zero-order chi connectivity index (χ0) is 20.9. The molecule has 0 heterocycles. The summed E-state index contributed by atoms with van der Waals surface area (Å²) in [6, 6.07) is 23.7. The van der Waals surface area contributed by atoms with Crippen molar-refractivity contribution < 1.29 is 14.3 Å². The maximum Gasteiger partial charge on any atom is 0.262 e. The van der Waals surface area contributed by atoms with E-state index in [0.717, 1.165) is 0 Å². The molecular formula is C25H25NO3. The van der Waals surface area contributed by atoms with Crippen LogP contribution in [0.4, 0.5) is 5.69 Å². The van der Waals surface area contributed by atoms with E-state index in [1.54, 1.807) is 36.4 Å². The van der Waals surface area contributed by atoms with Crippen LogP contribution >= 0.6 is 0 Å². The van der Waals surface area contributed by atoms with Gasteiger partial charge in [-0.25, -0.2) is 0 Å². The maximum absolute atomic E-state index is 12.8. The molecule has 4 heteroatoms. The number of anilines is 1. The van der Waals surface area contributed by atoms with E-state index in [1.165, 1.54) is 5.56 Å². The number of ketones is 1. The molecule has 0 aliphatic heterocycles. The number of carbonyl (C=O) groups is 2. The van der Waals surface area contributed by atoms with Gasteiger partial charge in [-0.05, 0) is 35.2 Å². The summed E-state index contributed by atoms with van der Waals surface area (Å²) in [6.07, 6.45) is 0. The van der Waals surface area contributed by atoms with Crippen molar-refractivity contribution in [2.75, 3.05) is 11.9 Å². The van der Waals surface area contributed by atoms with Gasteiger partial charge in [-0.3, -0.25) is 9.59 Å². The molecular weight excluding hydrogens is 362 g/mol. The van der Waals surface area contributed by atoms with Crippen LogP contribution in [0.5, 0.6) is 5.75 Å². The highest BCUT2D eigenvalue weighted by atomic mass is 16.5. The van der Waals surface area contributed by atoms with Crippen molar-refractivity contribution in [1.82, 2.24) is 0 Å². The van der Waals surface area contributed by atoms with Crippen LogP contribution in [0.1, 0.15) is 42.3 Å². The van der Waals surface area contributed by atoms with Gasteiger partial charge < -0.3 is 10.1 Å². The number of hydrogen-bond donors (Lipinski definition) is 1. The molecule has 0 saturated heterocycles. The SMILES string of the molecule is CC(C)(C)c1ccc(OCC(=O)Nc2ccccc2C(=O)c2ccccc2)cc1. The smallest absolute Gasteiger partial charge is 0.262 e. The number of ether oxygens (including phenoxy) is 1. The van der Waals surface area contributed by atoms with E-state index in [9.17, 15) is 9.59 Å². The average Bonchev–Trinajstić information content (AvgIpc) is 2.72. The van der Waals surface area contributed by atoms with Crippen LogP contribution in [0.25, 0.3) is 0 Å². The minimum absolute atomic E-state index is 0.0604. The van der Waals surface area contributed by atoms with Crippen LogP contribution in [0.2, 0.25) is 0 Å². The highest BCUT2D eigenvalue weighted by molar-refractivity contribution is 6.13. The number of amides is 1. The molecule has 0 aliphatic carbocycles. The Morgan fingerprint density at radius 2 is 1.45 bits per heavy atom. The van der Waals surface area contributed by atoms with E-state index in [-0.39, 0.29) is 23.7 Å². The highest BCUT2D eigenvalue weighted by Gasteiger charge is 2.16. The van der Waals surface area contributed by atoms with Crippen LogP contribution < -0.4 is 10.1 Å². The van der Waals surface area contributed by atoms with Crippen LogP contribution in [0.3, 0.4) is 0 Å². The summed E-state index contributed by atoms with van der Waals surface area (Å²) in [4.78, 5) is 25.1. The molecule has 0 radical (unpaired) electrons. The molecule has 0 unspecified atom stereocenters. The Bertz CT molecular complexity index is 987. The van der Waals surface area contributed by atoms with Crippen LogP contribution in [-0.4, -0.2) is 18.3 Å². The third kappa shape index (κ3) is 5.32. The maximum atomic E-state index is 12.8. The third-order valence-electron chi connectivity index (χ3n) is 4.57. The molecule has 3 rings (SSSR count). The van der Waals surface area contributed by atoms with Crippen LogP contribution in [0.15, 0.2) is 78.9 Å². The Hall–Kier alpha value is -3.40. The second-order valence-electron chi connectivity index (χ2n) is 7.85. The molecule has 4 nitrogen and oxygen atoms in total. The zero-order valence-corrected chi connectivity index (χ0v) is 16.9. The summed E-state index contributed by atoms with van der Waals surface area (Å²) < 4.78 is 5.60. The lowest BCUT2D eigenvalue weighted by molar-refractivity contribution is -0.118. The van der Waals surface area contributed by atoms with Gasteiger partial charge in [0.15, 0.2) is 12.4 Å². The molecule has 3 aromatic carbocycles. The molecule has 148 valence electrons. The van der Waals surface area contributed by atoms with Gasteiger partial charge in [-0.1, -0.05) is 75.4 Å². The first-order valence-corrected chi connectivity index (χ1v) is 9.56. The van der Waals surface area contributed by atoms with E-state index >= 15 is 0 Å². The monoisotopic (exact) mass is 387 g/mol. The second-order valence-corrected chi connectivity index (χ2v) is 7.85. The molecule has 0 saturated carbocycles. The minimum atomic E-state index is -0.321. The number of carbonyl (C=O) groups excluding carboxylic acids is 2. The van der Waals surface area contributed by atoms with Crippen molar-refractivity contribution in [1.29, 1.82) is 0 Å². The lowest BCUT2D eigenvalue weighted by Gasteiger charge is -2.19. The summed E-state index contributed by atoms with van der Waals surface area (Å²) in [5.74, 6) is 0.167. The number of rotatable bonds is 6. The summed E-state index contributed by atoms with van der Waals surface area (Å²) >= 11 is 0. The fraction of sp³-hybridized carbons (Fsp3) is 0.200. The Kier molecular flexibility index (Phi) is 6.13. The Labute approximate surface area is 171 Å². The number of nitrogens with one attached hydrogen (secondary N) is 1. The Morgan fingerprint density at radius 3 is 2.10 bits per heavy atom. The van der Waals surface area contributed by atoms with Crippen LogP contribution in [0, 0.1) is 0 Å². The van der Waals surface area contributed by atoms with Gasteiger partial charge in [-0.15, -0.1) is 0 Å². The van der Waals surface area contributed by atoms with E-state index in [1.807, 2.05) is 42.5 Å². The van der Waals surface area contributed by atoms with Crippen LogP contribution in [-0.2, 0) is 10.2 Å². The second kappa shape index (κ2) is 8.74. The van der Waals surface area contributed by atoms with E-state index < -0.39 is 0 Å². The van der Waals surface area contributed by atoms with Gasteiger partial charge in [0, 0.05) is 11.1 Å². The summed E-state index contributed by atoms with van der Waals surface area (Å²) in [6.45, 7) is 6.29. The van der Waals surface area contributed by atoms with E-state index in [0.29, 0.717) is 22.6 Å². The summed E-state index contributed by atoms with van der Waals surface area (Å²) in [5, 5.41) is 2.78. The fourth-order valence-corrected chi connectivity index (χ4v) is 2.92. The van der Waals surface area contributed by atoms with Crippen molar-refractivity contribution >= 4 is 17.4 Å². The number of hydrogen-bond acceptors (Lipinski definition) is 3. The van der Waals surface area contributed by atoms with Crippen molar-refractivity contribution in [3.8, 4) is 5.75 Å². The average molecular weight is 387 g/mol. The normalized spacial score (nSPS) is 11.0. The fourth-order valence-electron chi connectivity index (χ4n) is 2.92. The molecule has 0 fully saturated rings. The first kappa shape index (κ1) is 20.3. The van der Waals surface area contributed by atoms with Gasteiger partial charge in [-0.2, -0.15) is 0 Å². The van der Waals surface area contributed by atoms with Crippen molar-refractivity contribution in [3.05, 3.63) is 95.6 Å². The molecule has 0 aromatic heterocycles. The molecule has 29 heavy (non-hydrogen) atoms. The zero-order valence-electron chi connectivity index (χ0n) is 16.9. The van der Waals surface area contributed by atoms with Gasteiger partial charge in [0.25, 0.3) is 5.91 Å². The lowest BCUT2D eigenvalue weighted by Crippen LogP contribution is -2.21. The molecule has 0 atom stereocenters. The Morgan fingerprint density at radius 1 is 0.828 bits per heavy atom. The van der Waals surface area contributed by atoms with Gasteiger partial charge in [0.05, 0.1) is 5.69 Å². The van der Waals surface area contributed by atoms with E-state index in [2.05, 4.69) is 26.1 Å². The largest absolute Gasteiger partial charge is 0.484 e. The predicted molar refractivity (Wildman–Crippen MR) is 116 cm³/mol. The summed E-state index contributed by atoms with van der Waals surface area (Å²) in [7, 11) is 0. The number of benzene rings is 3.